The van der Waals surface area contributed by atoms with Crippen molar-refractivity contribution in [3.63, 3.8) is 0 Å². The zero-order chi connectivity index (χ0) is 19.8. The number of hydrogen-bond acceptors (Lipinski definition) is 6. The van der Waals surface area contributed by atoms with Crippen LogP contribution in [0.4, 0.5) is 0 Å². The summed E-state index contributed by atoms with van der Waals surface area (Å²) in [5, 5.41) is 11.2. The summed E-state index contributed by atoms with van der Waals surface area (Å²) in [6.45, 7) is 0. The van der Waals surface area contributed by atoms with Gasteiger partial charge in [-0.25, -0.2) is 0 Å². The molecule has 0 saturated carbocycles. The van der Waals surface area contributed by atoms with Gasteiger partial charge in [-0.1, -0.05) is 12.1 Å². The first-order chi connectivity index (χ1) is 13.6. The Kier molecular flexibility index (Phi) is 4.39. The first kappa shape index (κ1) is 17.9. The number of phenolic OH excluding ortho intramolecular Hbond substituents is 1. The Bertz CT molecular complexity index is 1160. The minimum Gasteiger partial charge on any atom is -0.508 e. The van der Waals surface area contributed by atoms with Gasteiger partial charge in [0.05, 0.1) is 33.8 Å². The van der Waals surface area contributed by atoms with Gasteiger partial charge in [-0.2, -0.15) is 0 Å². The Morgan fingerprint density at radius 3 is 2.00 bits per heavy atom. The van der Waals surface area contributed by atoms with E-state index in [4.69, 9.17) is 23.4 Å². The number of ether oxygens (including phenoxy) is 4. The molecule has 4 rings (SSSR count). The van der Waals surface area contributed by atoms with E-state index < -0.39 is 0 Å². The number of rotatable bonds is 5. The molecule has 0 aliphatic heterocycles. The highest BCUT2D eigenvalue weighted by atomic mass is 16.5. The van der Waals surface area contributed by atoms with Crippen LogP contribution in [-0.4, -0.2) is 33.5 Å². The molecular weight excluding hydrogens is 360 g/mol. The Morgan fingerprint density at radius 1 is 0.750 bits per heavy atom. The topological polar surface area (TPSA) is 70.3 Å². The largest absolute Gasteiger partial charge is 0.508 e. The second-order valence-electron chi connectivity index (χ2n) is 6.22. The summed E-state index contributed by atoms with van der Waals surface area (Å²) >= 11 is 0. The molecule has 0 aliphatic carbocycles. The molecule has 0 atom stereocenters. The summed E-state index contributed by atoms with van der Waals surface area (Å²) in [5.41, 5.74) is 2.86. The third kappa shape index (κ3) is 2.65. The van der Waals surface area contributed by atoms with Crippen molar-refractivity contribution in [2.75, 3.05) is 28.4 Å². The number of methoxy groups -OCH3 is 4. The molecule has 0 spiro atoms. The van der Waals surface area contributed by atoms with Gasteiger partial charge in [-0.15, -0.1) is 0 Å². The van der Waals surface area contributed by atoms with Crippen molar-refractivity contribution in [1.29, 1.82) is 0 Å². The lowest BCUT2D eigenvalue weighted by molar-refractivity contribution is 0.355. The zero-order valence-electron chi connectivity index (χ0n) is 16.0. The van der Waals surface area contributed by atoms with Gasteiger partial charge >= 0.3 is 0 Å². The average Bonchev–Trinajstić information content (AvgIpc) is 3.10. The molecule has 0 fully saturated rings. The fourth-order valence-electron chi connectivity index (χ4n) is 3.44. The molecule has 1 heterocycles. The summed E-state index contributed by atoms with van der Waals surface area (Å²) in [7, 11) is 6.38. The first-order valence-corrected chi connectivity index (χ1v) is 8.63. The van der Waals surface area contributed by atoms with Crippen LogP contribution in [0.5, 0.6) is 28.7 Å². The molecular formula is C22H20O6. The van der Waals surface area contributed by atoms with Gasteiger partial charge in [0.2, 0.25) is 0 Å². The number of phenols is 1. The predicted octanol–water partition coefficient (Wildman–Crippen LogP) is 4.99. The van der Waals surface area contributed by atoms with Crippen molar-refractivity contribution in [3.8, 4) is 39.9 Å². The van der Waals surface area contributed by atoms with Crippen LogP contribution < -0.4 is 18.9 Å². The molecule has 0 bridgehead atoms. The summed E-state index contributed by atoms with van der Waals surface area (Å²) in [6.07, 6.45) is 0. The van der Waals surface area contributed by atoms with Crippen LogP contribution in [0, 0.1) is 0 Å². The van der Waals surface area contributed by atoms with Crippen LogP contribution in [0.2, 0.25) is 0 Å². The van der Waals surface area contributed by atoms with Gasteiger partial charge in [0.15, 0.2) is 22.8 Å². The van der Waals surface area contributed by atoms with Gasteiger partial charge in [0, 0.05) is 17.0 Å². The molecule has 1 N–H and O–H groups in total. The molecule has 1 aromatic heterocycles. The van der Waals surface area contributed by atoms with E-state index in [0.29, 0.717) is 34.2 Å². The number of benzene rings is 3. The summed E-state index contributed by atoms with van der Waals surface area (Å²) < 4.78 is 28.4. The van der Waals surface area contributed by atoms with Crippen LogP contribution in [0.25, 0.3) is 33.1 Å². The fourth-order valence-corrected chi connectivity index (χ4v) is 3.44. The molecule has 0 aliphatic rings. The summed E-state index contributed by atoms with van der Waals surface area (Å²) in [5.74, 6) is 2.59. The lowest BCUT2D eigenvalue weighted by Crippen LogP contribution is -1.92. The Balaban J connectivity index is 2.10. The van der Waals surface area contributed by atoms with Crippen LogP contribution in [-0.2, 0) is 0 Å². The highest BCUT2D eigenvalue weighted by Crippen LogP contribution is 2.48. The monoisotopic (exact) mass is 380 g/mol. The second kappa shape index (κ2) is 6.88. The van der Waals surface area contributed by atoms with Gasteiger partial charge in [0.1, 0.15) is 17.1 Å². The van der Waals surface area contributed by atoms with Gasteiger partial charge in [-0.3, -0.25) is 0 Å². The normalized spacial score (nSPS) is 11.0. The molecule has 3 aromatic carbocycles. The van der Waals surface area contributed by atoms with E-state index in [2.05, 4.69) is 0 Å². The zero-order valence-corrected chi connectivity index (χ0v) is 16.0. The van der Waals surface area contributed by atoms with E-state index in [0.717, 1.165) is 21.9 Å². The molecule has 6 heteroatoms. The second-order valence-corrected chi connectivity index (χ2v) is 6.22. The van der Waals surface area contributed by atoms with E-state index in [1.54, 1.807) is 46.6 Å². The van der Waals surface area contributed by atoms with Crippen LogP contribution in [0.3, 0.4) is 0 Å². The molecule has 6 nitrogen and oxygen atoms in total. The quantitative estimate of drug-likeness (QED) is 0.526. The van der Waals surface area contributed by atoms with Crippen LogP contribution in [0.1, 0.15) is 0 Å². The van der Waals surface area contributed by atoms with Crippen LogP contribution >= 0.6 is 0 Å². The lowest BCUT2D eigenvalue weighted by Gasteiger charge is -2.12. The van der Waals surface area contributed by atoms with E-state index in [9.17, 15) is 5.11 Å². The Labute approximate surface area is 161 Å². The minimum absolute atomic E-state index is 0.193. The predicted molar refractivity (Wildman–Crippen MR) is 107 cm³/mol. The Morgan fingerprint density at radius 2 is 1.39 bits per heavy atom. The highest BCUT2D eigenvalue weighted by Gasteiger charge is 2.23. The molecule has 0 unspecified atom stereocenters. The third-order valence-corrected chi connectivity index (χ3v) is 4.77. The van der Waals surface area contributed by atoms with E-state index in [-0.39, 0.29) is 5.75 Å². The first-order valence-electron chi connectivity index (χ1n) is 8.63. The molecule has 0 radical (unpaired) electrons. The maximum Gasteiger partial charge on any atom is 0.181 e. The van der Waals surface area contributed by atoms with Crippen molar-refractivity contribution < 1.29 is 28.5 Å². The van der Waals surface area contributed by atoms with Crippen molar-refractivity contribution in [2.24, 2.45) is 0 Å². The highest BCUT2D eigenvalue weighted by molar-refractivity contribution is 6.13. The average molecular weight is 380 g/mol. The van der Waals surface area contributed by atoms with Crippen molar-refractivity contribution in [3.05, 3.63) is 42.5 Å². The minimum atomic E-state index is 0.193. The van der Waals surface area contributed by atoms with Crippen molar-refractivity contribution >= 4 is 21.9 Å². The van der Waals surface area contributed by atoms with Gasteiger partial charge in [0.25, 0.3) is 0 Å². The smallest absolute Gasteiger partial charge is 0.181 e. The number of hydrogen-bond donors (Lipinski definition) is 1. The van der Waals surface area contributed by atoms with E-state index >= 15 is 0 Å². The fraction of sp³-hybridized carbons (Fsp3) is 0.182. The molecule has 0 saturated heterocycles. The maximum atomic E-state index is 9.60. The molecule has 144 valence electrons. The number of aromatic hydroxyl groups is 1. The SMILES string of the molecule is COc1cc2oc3c(OC)c(-c4ccc(O)cc4)cc(OC)c3c2cc1OC. The summed E-state index contributed by atoms with van der Waals surface area (Å²) in [6, 6.07) is 12.4. The standard InChI is InChI=1S/C22H20O6/c1-24-17-10-15-16(11-18(17)25-2)28-22-20(15)19(26-3)9-14(21(22)27-4)12-5-7-13(23)8-6-12/h5-11,23H,1-4H3. The molecule has 0 amide bonds. The third-order valence-electron chi connectivity index (χ3n) is 4.77. The molecule has 4 aromatic rings. The molecule has 28 heavy (non-hydrogen) atoms. The number of fused-ring (bicyclic) bond motifs is 3. The van der Waals surface area contributed by atoms with E-state index in [1.807, 2.05) is 24.3 Å². The van der Waals surface area contributed by atoms with Gasteiger partial charge in [-0.05, 0) is 29.8 Å². The van der Waals surface area contributed by atoms with E-state index in [1.165, 1.54) is 0 Å². The summed E-state index contributed by atoms with van der Waals surface area (Å²) in [4.78, 5) is 0. The number of furan rings is 1. The lowest BCUT2D eigenvalue weighted by atomic mass is 10.0. The van der Waals surface area contributed by atoms with Crippen LogP contribution in [0.15, 0.2) is 46.9 Å². The van der Waals surface area contributed by atoms with Gasteiger partial charge < -0.3 is 28.5 Å². The Hall–Kier alpha value is -3.54. The maximum absolute atomic E-state index is 9.60. The van der Waals surface area contributed by atoms with Crippen molar-refractivity contribution in [2.45, 2.75) is 0 Å². The van der Waals surface area contributed by atoms with Crippen molar-refractivity contribution in [1.82, 2.24) is 0 Å².